The van der Waals surface area contributed by atoms with Crippen molar-refractivity contribution in [2.24, 2.45) is 0 Å². The second-order valence-electron chi connectivity index (χ2n) is 10.7. The molecule has 2 saturated heterocycles. The maximum atomic E-state index is 13.5. The lowest BCUT2D eigenvalue weighted by atomic mass is 9.94. The Balaban J connectivity index is 0.000000230. The predicted molar refractivity (Wildman–Crippen MR) is 136 cm³/mol. The maximum absolute atomic E-state index is 13.5. The Bertz CT molecular complexity index is 1130. The zero-order valence-electron chi connectivity index (χ0n) is 21.8. The Morgan fingerprint density at radius 1 is 0.897 bits per heavy atom. The Hall–Kier alpha value is -2.11. The van der Waals surface area contributed by atoms with E-state index in [0.717, 1.165) is 5.56 Å². The molecule has 0 amide bonds. The number of esters is 1. The molecule has 4 nitrogen and oxygen atoms in total. The van der Waals surface area contributed by atoms with Crippen molar-refractivity contribution in [1.82, 2.24) is 0 Å². The van der Waals surface area contributed by atoms with E-state index in [1.54, 1.807) is 26.8 Å². The van der Waals surface area contributed by atoms with Gasteiger partial charge in [0.15, 0.2) is 0 Å². The average Bonchev–Trinajstić information content (AvgIpc) is 2.79. The number of hydrogen-bond acceptors (Lipinski definition) is 4. The fourth-order valence-corrected chi connectivity index (χ4v) is 4.87. The molecule has 2 fully saturated rings. The Morgan fingerprint density at radius 3 is 1.85 bits per heavy atom. The fraction of sp³-hybridized carbons (Fsp3) is 0.536. The van der Waals surface area contributed by atoms with E-state index >= 15 is 0 Å². The van der Waals surface area contributed by atoms with Crippen molar-refractivity contribution in [2.75, 3.05) is 13.2 Å². The molecule has 0 saturated carbocycles. The highest BCUT2D eigenvalue weighted by Gasteiger charge is 2.38. The van der Waals surface area contributed by atoms with Crippen molar-refractivity contribution in [3.05, 3.63) is 69.2 Å². The minimum atomic E-state index is -2.83. The van der Waals surface area contributed by atoms with Crippen LogP contribution in [0.25, 0.3) is 0 Å². The van der Waals surface area contributed by atoms with Gasteiger partial charge >= 0.3 is 5.97 Å². The van der Waals surface area contributed by atoms with Crippen molar-refractivity contribution < 1.29 is 45.3 Å². The highest BCUT2D eigenvalue weighted by Crippen LogP contribution is 2.39. The van der Waals surface area contributed by atoms with Gasteiger partial charge in [-0.3, -0.25) is 4.79 Å². The smallest absolute Gasteiger partial charge is 0.310 e. The van der Waals surface area contributed by atoms with Gasteiger partial charge in [-0.25, -0.2) is 26.3 Å². The predicted octanol–water partition coefficient (Wildman–Crippen LogP) is 8.27. The van der Waals surface area contributed by atoms with E-state index in [4.69, 9.17) is 14.2 Å². The summed E-state index contributed by atoms with van der Waals surface area (Å²) >= 11 is 3.20. The molecule has 0 spiro atoms. The standard InChI is InChI=1S/C17H21F3O3.C11H10BrF3O/c1-16(2,3)23-15(21)9-11-8-12(18)4-5-13(11)14-6-7-17(19,20)10-22-14;12-9-5-7(13)1-2-8(9)10-3-4-11(14,15)6-16-10/h4-5,8,14H,6-7,9-10H2,1-3H3;1-2,5,10H,3-4,6H2. The van der Waals surface area contributed by atoms with Crippen LogP contribution >= 0.6 is 15.9 Å². The third-order valence-electron chi connectivity index (χ3n) is 6.05. The molecule has 0 radical (unpaired) electrons. The van der Waals surface area contributed by atoms with Gasteiger partial charge in [-0.1, -0.05) is 28.1 Å². The lowest BCUT2D eigenvalue weighted by Gasteiger charge is -2.30. The zero-order chi connectivity index (χ0) is 29.0. The number of ether oxygens (including phenoxy) is 3. The van der Waals surface area contributed by atoms with Crippen LogP contribution < -0.4 is 0 Å². The summed E-state index contributed by atoms with van der Waals surface area (Å²) in [5, 5.41) is 0. The van der Waals surface area contributed by atoms with Crippen LogP contribution in [0.2, 0.25) is 0 Å². The molecule has 4 rings (SSSR count). The summed E-state index contributed by atoms with van der Waals surface area (Å²) in [6, 6.07) is 8.14. The van der Waals surface area contributed by atoms with E-state index in [0.29, 0.717) is 15.6 Å². The third-order valence-corrected chi connectivity index (χ3v) is 6.74. The van der Waals surface area contributed by atoms with Crippen molar-refractivity contribution in [2.45, 2.75) is 82.5 Å². The van der Waals surface area contributed by atoms with Gasteiger partial charge in [0, 0.05) is 17.3 Å². The van der Waals surface area contributed by atoms with Gasteiger partial charge in [0.05, 0.1) is 18.6 Å². The fourth-order valence-electron chi connectivity index (χ4n) is 4.27. The molecule has 0 N–H and O–H groups in total. The molecule has 2 aromatic carbocycles. The first-order valence-electron chi connectivity index (χ1n) is 12.5. The third kappa shape index (κ3) is 9.79. The topological polar surface area (TPSA) is 44.8 Å². The van der Waals surface area contributed by atoms with Gasteiger partial charge in [-0.05, 0) is 74.6 Å². The largest absolute Gasteiger partial charge is 0.460 e. The highest BCUT2D eigenvalue weighted by molar-refractivity contribution is 9.10. The molecular weight excluding hydrogens is 594 g/mol. The van der Waals surface area contributed by atoms with Crippen LogP contribution in [-0.4, -0.2) is 36.6 Å². The Kier molecular flexibility index (Phi) is 10.1. The van der Waals surface area contributed by atoms with E-state index in [-0.39, 0.29) is 44.0 Å². The summed E-state index contributed by atoms with van der Waals surface area (Å²) in [5.41, 5.74) is 1.05. The minimum absolute atomic E-state index is 0.124. The molecule has 2 aliphatic heterocycles. The van der Waals surface area contributed by atoms with Crippen molar-refractivity contribution >= 4 is 21.9 Å². The Labute approximate surface area is 232 Å². The second kappa shape index (κ2) is 12.6. The average molecular weight is 625 g/mol. The van der Waals surface area contributed by atoms with Crippen LogP contribution in [0.1, 0.15) is 75.4 Å². The lowest BCUT2D eigenvalue weighted by Crippen LogP contribution is -2.31. The normalized spacial score (nSPS) is 22.4. The van der Waals surface area contributed by atoms with E-state index < -0.39 is 48.6 Å². The van der Waals surface area contributed by atoms with E-state index in [2.05, 4.69) is 15.9 Å². The van der Waals surface area contributed by atoms with Gasteiger partial charge in [0.25, 0.3) is 11.8 Å². The molecule has 0 aromatic heterocycles. The van der Waals surface area contributed by atoms with Crippen LogP contribution in [0.4, 0.5) is 26.3 Å². The molecule has 0 bridgehead atoms. The summed E-state index contributed by atoms with van der Waals surface area (Å²) in [7, 11) is 0. The van der Waals surface area contributed by atoms with E-state index in [1.807, 2.05) is 0 Å². The number of carbonyl (C=O) groups is 1. The van der Waals surface area contributed by atoms with E-state index in [1.165, 1.54) is 30.3 Å². The molecule has 2 heterocycles. The van der Waals surface area contributed by atoms with Crippen LogP contribution in [0.5, 0.6) is 0 Å². The highest BCUT2D eigenvalue weighted by atomic mass is 79.9. The molecule has 2 aromatic rings. The van der Waals surface area contributed by atoms with Crippen molar-refractivity contribution in [1.29, 1.82) is 0 Å². The summed E-state index contributed by atoms with van der Waals surface area (Å²) < 4.78 is 94.6. The molecular formula is C28H31BrF6O4. The SMILES string of the molecule is CC(C)(C)OC(=O)Cc1cc(F)ccc1C1CCC(F)(F)CO1.Fc1ccc(C2CCC(F)(F)CO2)c(Br)c1. The number of carbonyl (C=O) groups excluding carboxylic acids is 1. The minimum Gasteiger partial charge on any atom is -0.460 e. The number of benzene rings is 2. The Morgan fingerprint density at radius 2 is 1.38 bits per heavy atom. The molecule has 39 heavy (non-hydrogen) atoms. The number of alkyl halides is 4. The van der Waals surface area contributed by atoms with Crippen molar-refractivity contribution in [3.63, 3.8) is 0 Å². The molecule has 11 heteroatoms. The number of rotatable bonds is 4. The number of hydrogen-bond donors (Lipinski definition) is 0. The van der Waals surface area contributed by atoms with Crippen LogP contribution in [0.3, 0.4) is 0 Å². The van der Waals surface area contributed by atoms with E-state index in [9.17, 15) is 31.1 Å². The molecule has 2 atom stereocenters. The van der Waals surface area contributed by atoms with Crippen LogP contribution in [0, 0.1) is 11.6 Å². The van der Waals surface area contributed by atoms with Crippen LogP contribution in [-0.2, 0) is 25.4 Å². The van der Waals surface area contributed by atoms with Gasteiger partial charge in [0.2, 0.25) is 0 Å². The summed E-state index contributed by atoms with van der Waals surface area (Å²) in [4.78, 5) is 12.0. The summed E-state index contributed by atoms with van der Waals surface area (Å²) in [5.74, 6) is -6.92. The second-order valence-corrected chi connectivity index (χ2v) is 11.5. The number of halogens is 7. The lowest BCUT2D eigenvalue weighted by molar-refractivity contribution is -0.154. The molecule has 216 valence electrons. The maximum Gasteiger partial charge on any atom is 0.310 e. The first kappa shape index (κ1) is 31.4. The molecule has 2 unspecified atom stereocenters. The summed E-state index contributed by atoms with van der Waals surface area (Å²) in [6.07, 6.45) is -1.18. The monoisotopic (exact) mass is 624 g/mol. The first-order valence-corrected chi connectivity index (χ1v) is 13.3. The zero-order valence-corrected chi connectivity index (χ0v) is 23.4. The quantitative estimate of drug-likeness (QED) is 0.254. The molecule has 2 aliphatic rings. The summed E-state index contributed by atoms with van der Waals surface area (Å²) in [6.45, 7) is 3.99. The van der Waals surface area contributed by atoms with Gasteiger partial charge in [-0.15, -0.1) is 0 Å². The first-order chi connectivity index (χ1) is 18.0. The van der Waals surface area contributed by atoms with Gasteiger partial charge in [-0.2, -0.15) is 0 Å². The van der Waals surface area contributed by atoms with Gasteiger partial charge in [0.1, 0.15) is 30.4 Å². The van der Waals surface area contributed by atoms with Gasteiger partial charge < -0.3 is 14.2 Å². The molecule has 0 aliphatic carbocycles. The van der Waals surface area contributed by atoms with Crippen molar-refractivity contribution in [3.8, 4) is 0 Å². The van der Waals surface area contributed by atoms with Crippen LogP contribution in [0.15, 0.2) is 40.9 Å².